The average Bonchev–Trinajstić information content (AvgIpc) is 2.38. The first-order valence-corrected chi connectivity index (χ1v) is 7.07. The van der Waals surface area contributed by atoms with E-state index in [1.54, 1.807) is 0 Å². The molecule has 2 heteroatoms. The molecule has 2 atom stereocenters. The van der Waals surface area contributed by atoms with Crippen LogP contribution in [-0.2, 0) is 0 Å². The Balaban J connectivity index is 2.80. The normalized spacial score (nSPS) is 14.8. The van der Waals surface area contributed by atoms with Gasteiger partial charge in [0.05, 0.1) is 0 Å². The number of hydrogen-bond acceptors (Lipinski definition) is 2. The first-order valence-electron chi connectivity index (χ1n) is 7.07. The second-order valence-corrected chi connectivity index (χ2v) is 5.26. The molecule has 0 aromatic heterocycles. The standard InChI is InChI=1S/C16H28N2/c1-6-13(3)14-8-10-15(11-9-14)16(18(4)5)12-17-7-2/h8-11,13,16-17H,6-7,12H2,1-5H3. The number of likely N-dealkylation sites (N-methyl/N-ethyl adjacent to an activating group) is 2. The maximum atomic E-state index is 3.44. The molecule has 0 bridgehead atoms. The molecule has 1 aromatic carbocycles. The van der Waals surface area contributed by atoms with Crippen LogP contribution in [0, 0.1) is 0 Å². The van der Waals surface area contributed by atoms with E-state index in [0.717, 1.165) is 13.1 Å². The summed E-state index contributed by atoms with van der Waals surface area (Å²) >= 11 is 0. The lowest BCUT2D eigenvalue weighted by molar-refractivity contribution is 0.290. The molecule has 1 N–H and O–H groups in total. The van der Waals surface area contributed by atoms with Crippen LogP contribution in [0.4, 0.5) is 0 Å². The summed E-state index contributed by atoms with van der Waals surface area (Å²) in [5, 5.41) is 3.44. The fourth-order valence-corrected chi connectivity index (χ4v) is 2.16. The molecule has 0 saturated carbocycles. The minimum Gasteiger partial charge on any atom is -0.315 e. The van der Waals surface area contributed by atoms with Crippen LogP contribution in [0.3, 0.4) is 0 Å². The monoisotopic (exact) mass is 248 g/mol. The van der Waals surface area contributed by atoms with E-state index in [0.29, 0.717) is 12.0 Å². The Hall–Kier alpha value is -0.860. The van der Waals surface area contributed by atoms with Crippen molar-refractivity contribution >= 4 is 0 Å². The van der Waals surface area contributed by atoms with E-state index < -0.39 is 0 Å². The van der Waals surface area contributed by atoms with E-state index in [1.165, 1.54) is 17.5 Å². The molecule has 18 heavy (non-hydrogen) atoms. The Morgan fingerprint density at radius 3 is 2.06 bits per heavy atom. The maximum absolute atomic E-state index is 3.44. The second kappa shape index (κ2) is 7.55. The van der Waals surface area contributed by atoms with E-state index in [2.05, 4.69) is 69.3 Å². The van der Waals surface area contributed by atoms with Crippen molar-refractivity contribution < 1.29 is 0 Å². The van der Waals surface area contributed by atoms with E-state index in [1.807, 2.05) is 0 Å². The van der Waals surface area contributed by atoms with Gasteiger partial charge in [0.1, 0.15) is 0 Å². The van der Waals surface area contributed by atoms with E-state index in [4.69, 9.17) is 0 Å². The van der Waals surface area contributed by atoms with Crippen LogP contribution in [0.5, 0.6) is 0 Å². The smallest absolute Gasteiger partial charge is 0.0466 e. The summed E-state index contributed by atoms with van der Waals surface area (Å²) in [6.45, 7) is 8.71. The number of hydrogen-bond donors (Lipinski definition) is 1. The Bertz CT molecular complexity index is 329. The minimum atomic E-state index is 0.455. The van der Waals surface area contributed by atoms with Gasteiger partial charge in [-0.05, 0) is 44.1 Å². The van der Waals surface area contributed by atoms with Gasteiger partial charge in [0.15, 0.2) is 0 Å². The van der Waals surface area contributed by atoms with Gasteiger partial charge in [0, 0.05) is 12.6 Å². The average molecular weight is 248 g/mol. The summed E-state index contributed by atoms with van der Waals surface area (Å²) in [4.78, 5) is 2.28. The number of rotatable bonds is 7. The molecule has 2 unspecified atom stereocenters. The number of nitrogens with zero attached hydrogens (tertiary/aromatic N) is 1. The van der Waals surface area contributed by atoms with Crippen LogP contribution in [0.15, 0.2) is 24.3 Å². The zero-order valence-corrected chi connectivity index (χ0v) is 12.5. The third-order valence-corrected chi connectivity index (χ3v) is 3.71. The molecule has 1 rings (SSSR count). The highest BCUT2D eigenvalue weighted by atomic mass is 15.1. The fourth-order valence-electron chi connectivity index (χ4n) is 2.16. The Kier molecular flexibility index (Phi) is 6.37. The molecular formula is C16H28N2. The molecule has 0 fully saturated rings. The molecule has 0 radical (unpaired) electrons. The summed E-state index contributed by atoms with van der Waals surface area (Å²) in [5.74, 6) is 0.658. The van der Waals surface area contributed by atoms with Gasteiger partial charge in [0.25, 0.3) is 0 Å². The third-order valence-electron chi connectivity index (χ3n) is 3.71. The fraction of sp³-hybridized carbons (Fsp3) is 0.625. The van der Waals surface area contributed by atoms with Crippen LogP contribution in [0.2, 0.25) is 0 Å². The highest BCUT2D eigenvalue weighted by Crippen LogP contribution is 2.23. The minimum absolute atomic E-state index is 0.455. The van der Waals surface area contributed by atoms with Crippen molar-refractivity contribution in [3.05, 3.63) is 35.4 Å². The van der Waals surface area contributed by atoms with Crippen molar-refractivity contribution in [3.8, 4) is 0 Å². The van der Waals surface area contributed by atoms with Gasteiger partial charge in [-0.25, -0.2) is 0 Å². The zero-order chi connectivity index (χ0) is 13.5. The van der Waals surface area contributed by atoms with Crippen molar-refractivity contribution in [3.63, 3.8) is 0 Å². The number of nitrogens with one attached hydrogen (secondary N) is 1. The van der Waals surface area contributed by atoms with E-state index >= 15 is 0 Å². The summed E-state index contributed by atoms with van der Waals surface area (Å²) in [5.41, 5.74) is 2.84. The number of benzene rings is 1. The van der Waals surface area contributed by atoms with Crippen LogP contribution in [-0.4, -0.2) is 32.1 Å². The van der Waals surface area contributed by atoms with Gasteiger partial charge in [0.2, 0.25) is 0 Å². The molecule has 0 saturated heterocycles. The van der Waals surface area contributed by atoms with Crippen LogP contribution in [0.25, 0.3) is 0 Å². The van der Waals surface area contributed by atoms with Crippen molar-refractivity contribution in [1.29, 1.82) is 0 Å². The predicted octanol–water partition coefficient (Wildman–Crippen LogP) is 3.41. The topological polar surface area (TPSA) is 15.3 Å². The SMILES string of the molecule is CCNCC(c1ccc(C(C)CC)cc1)N(C)C. The lowest BCUT2D eigenvalue weighted by atomic mass is 9.96. The largest absolute Gasteiger partial charge is 0.315 e. The second-order valence-electron chi connectivity index (χ2n) is 5.26. The zero-order valence-electron chi connectivity index (χ0n) is 12.5. The molecule has 0 amide bonds. The van der Waals surface area contributed by atoms with Crippen molar-refractivity contribution in [2.75, 3.05) is 27.2 Å². The summed E-state index contributed by atoms with van der Waals surface area (Å²) in [6.07, 6.45) is 1.20. The molecule has 2 nitrogen and oxygen atoms in total. The lowest BCUT2D eigenvalue weighted by Gasteiger charge is -2.25. The first kappa shape index (κ1) is 15.2. The van der Waals surface area contributed by atoms with Gasteiger partial charge in [-0.1, -0.05) is 45.0 Å². The molecule has 0 spiro atoms. The van der Waals surface area contributed by atoms with Crippen molar-refractivity contribution in [1.82, 2.24) is 10.2 Å². The molecular weight excluding hydrogens is 220 g/mol. The van der Waals surface area contributed by atoms with Gasteiger partial charge in [-0.3, -0.25) is 0 Å². The van der Waals surface area contributed by atoms with Gasteiger partial charge in [-0.15, -0.1) is 0 Å². The molecule has 0 aliphatic heterocycles. The maximum Gasteiger partial charge on any atom is 0.0466 e. The van der Waals surface area contributed by atoms with Crippen molar-refractivity contribution in [2.45, 2.75) is 39.2 Å². The van der Waals surface area contributed by atoms with E-state index in [9.17, 15) is 0 Å². The Labute approximate surface area is 112 Å². The summed E-state index contributed by atoms with van der Waals surface area (Å²) in [6, 6.07) is 9.58. The van der Waals surface area contributed by atoms with Gasteiger partial charge >= 0.3 is 0 Å². The van der Waals surface area contributed by atoms with E-state index in [-0.39, 0.29) is 0 Å². The van der Waals surface area contributed by atoms with Crippen LogP contribution < -0.4 is 5.32 Å². The molecule has 102 valence electrons. The quantitative estimate of drug-likeness (QED) is 0.795. The van der Waals surface area contributed by atoms with Crippen molar-refractivity contribution in [2.24, 2.45) is 0 Å². The molecule has 1 aromatic rings. The van der Waals surface area contributed by atoms with Crippen LogP contribution in [0.1, 0.15) is 50.3 Å². The molecule has 0 aliphatic rings. The predicted molar refractivity (Wildman–Crippen MR) is 80.1 cm³/mol. The van der Waals surface area contributed by atoms with Gasteiger partial charge in [-0.2, -0.15) is 0 Å². The summed E-state index contributed by atoms with van der Waals surface area (Å²) < 4.78 is 0. The Morgan fingerprint density at radius 1 is 1.06 bits per heavy atom. The lowest BCUT2D eigenvalue weighted by Crippen LogP contribution is -2.30. The first-order chi connectivity index (χ1) is 8.60. The third kappa shape index (κ3) is 4.11. The Morgan fingerprint density at radius 2 is 1.61 bits per heavy atom. The highest BCUT2D eigenvalue weighted by Gasteiger charge is 2.13. The highest BCUT2D eigenvalue weighted by molar-refractivity contribution is 5.27. The van der Waals surface area contributed by atoms with Gasteiger partial charge < -0.3 is 10.2 Å². The molecule has 0 aliphatic carbocycles. The summed E-state index contributed by atoms with van der Waals surface area (Å²) in [7, 11) is 4.29. The molecule has 0 heterocycles. The van der Waals surface area contributed by atoms with Crippen LogP contribution >= 0.6 is 0 Å².